The van der Waals surface area contributed by atoms with Gasteiger partial charge in [-0.25, -0.2) is 14.6 Å². The minimum Gasteiger partial charge on any atom is -0.480 e. The molecule has 1 aromatic rings. The number of carbonyl (C=O) groups is 4. The highest BCUT2D eigenvalue weighted by atomic mass is 17.3. The number of ether oxygens (including phenoxy) is 3. The molecule has 1 aromatic carbocycles. The van der Waals surface area contributed by atoms with Gasteiger partial charge in [-0.15, -0.1) is 0 Å². The van der Waals surface area contributed by atoms with E-state index >= 15 is 0 Å². The number of hydrogen-bond acceptors (Lipinski definition) is 9. The van der Waals surface area contributed by atoms with Gasteiger partial charge in [0, 0.05) is 31.1 Å². The highest BCUT2D eigenvalue weighted by Crippen LogP contribution is 2.60. The van der Waals surface area contributed by atoms with Crippen molar-refractivity contribution in [2.75, 3.05) is 0 Å². The molecule has 2 bridgehead atoms. The smallest absolute Gasteiger partial charge is 0.326 e. The van der Waals surface area contributed by atoms with Gasteiger partial charge in [-0.05, 0) is 55.9 Å². The summed E-state index contributed by atoms with van der Waals surface area (Å²) >= 11 is 0. The van der Waals surface area contributed by atoms with E-state index in [1.54, 1.807) is 24.3 Å². The number of hydrogen-bond donors (Lipinski definition) is 3. The quantitative estimate of drug-likeness (QED) is 0.225. The Hall–Kier alpha value is -3.06. The molecule has 6 rings (SSSR count). The summed E-state index contributed by atoms with van der Waals surface area (Å²) in [5, 5.41) is 15.0. The zero-order valence-electron chi connectivity index (χ0n) is 27.4. The summed E-state index contributed by atoms with van der Waals surface area (Å²) in [7, 11) is 0. The topological polar surface area (TPSA) is 159 Å². The number of carboxylic acids is 1. The third-order valence-corrected chi connectivity index (χ3v) is 10.2. The van der Waals surface area contributed by atoms with E-state index in [1.165, 1.54) is 0 Å². The Bertz CT molecular complexity index is 1280. The molecule has 4 saturated heterocycles. The number of carbonyl (C=O) groups excluding carboxylic acids is 3. The predicted molar refractivity (Wildman–Crippen MR) is 163 cm³/mol. The summed E-state index contributed by atoms with van der Waals surface area (Å²) in [6, 6.07) is 6.86. The molecule has 1 saturated carbocycles. The first-order valence-corrected chi connectivity index (χ1v) is 16.6. The highest BCUT2D eigenvalue weighted by Gasteiger charge is 2.69. The Balaban J connectivity index is 1.16. The van der Waals surface area contributed by atoms with Gasteiger partial charge in [-0.3, -0.25) is 14.4 Å². The van der Waals surface area contributed by atoms with E-state index < -0.39 is 59.8 Å². The molecule has 0 aromatic heterocycles. The van der Waals surface area contributed by atoms with Gasteiger partial charge >= 0.3 is 11.9 Å². The van der Waals surface area contributed by atoms with Crippen LogP contribution in [0.5, 0.6) is 0 Å². The lowest BCUT2D eigenvalue weighted by Gasteiger charge is -2.59. The van der Waals surface area contributed by atoms with Crippen molar-refractivity contribution >= 4 is 23.8 Å². The first-order valence-electron chi connectivity index (χ1n) is 16.6. The van der Waals surface area contributed by atoms with Crippen LogP contribution < -0.4 is 10.6 Å². The zero-order chi connectivity index (χ0) is 33.2. The summed E-state index contributed by atoms with van der Waals surface area (Å²) < 4.78 is 18.4. The van der Waals surface area contributed by atoms with Crippen LogP contribution in [0.3, 0.4) is 0 Å². The minimum atomic E-state index is -1.17. The third-order valence-electron chi connectivity index (χ3n) is 10.2. The van der Waals surface area contributed by atoms with E-state index in [9.17, 15) is 24.3 Å². The Morgan fingerprint density at radius 2 is 1.72 bits per heavy atom. The standard InChI is InChI=1S/C34H48N2O10/c1-19(2)17-25(29(39)36-26(30(40)41)18-22-9-7-6-8-10-22)35-27(37)13-14-28(38)42-31-21(4)24-12-11-20(3)23-15-16-33(5)44-32(43-31)34(23,24)46-45-33/h6-10,19-21,23-26,31-32H,11-18H2,1-5H3,(H,35,37)(H,36,39)(H,40,41). The monoisotopic (exact) mass is 644 g/mol. The molecule has 0 radical (unpaired) electrons. The van der Waals surface area contributed by atoms with Crippen molar-refractivity contribution in [3.63, 3.8) is 0 Å². The van der Waals surface area contributed by atoms with Gasteiger partial charge in [-0.2, -0.15) is 0 Å². The van der Waals surface area contributed by atoms with Crippen LogP contribution in [0.15, 0.2) is 30.3 Å². The maximum atomic E-state index is 13.2. The van der Waals surface area contributed by atoms with E-state index in [4.69, 9.17) is 24.0 Å². The molecule has 1 spiro atoms. The normalized spacial score (nSPS) is 34.5. The number of esters is 1. The Labute approximate surface area is 270 Å². The van der Waals surface area contributed by atoms with Crippen molar-refractivity contribution < 1.29 is 48.3 Å². The van der Waals surface area contributed by atoms with Crippen LogP contribution in [0.4, 0.5) is 0 Å². The van der Waals surface area contributed by atoms with Gasteiger partial charge < -0.3 is 30.0 Å². The van der Waals surface area contributed by atoms with Crippen molar-refractivity contribution in [3.05, 3.63) is 35.9 Å². The second-order valence-electron chi connectivity index (χ2n) is 14.1. The fraction of sp³-hybridized carbons (Fsp3) is 0.706. The number of carboxylic acid groups (broad SMARTS) is 1. The van der Waals surface area contributed by atoms with Crippen molar-refractivity contribution in [3.8, 4) is 0 Å². The number of aliphatic carboxylic acids is 1. The fourth-order valence-electron chi connectivity index (χ4n) is 7.70. The van der Waals surface area contributed by atoms with Crippen molar-refractivity contribution in [1.29, 1.82) is 0 Å². The summed E-state index contributed by atoms with van der Waals surface area (Å²) in [6.45, 7) is 9.83. The molecular formula is C34H48N2O10. The molecule has 1 aliphatic carbocycles. The van der Waals surface area contributed by atoms with Crippen LogP contribution in [0.1, 0.15) is 85.1 Å². The van der Waals surface area contributed by atoms with Crippen molar-refractivity contribution in [2.45, 2.75) is 122 Å². The molecule has 2 amide bonds. The maximum absolute atomic E-state index is 13.2. The van der Waals surface area contributed by atoms with Gasteiger partial charge in [-0.1, -0.05) is 58.0 Å². The van der Waals surface area contributed by atoms with E-state index in [0.29, 0.717) is 18.8 Å². The number of fused-ring (bicyclic) bond motifs is 2. The molecule has 5 fully saturated rings. The number of amides is 2. The van der Waals surface area contributed by atoms with Crippen LogP contribution in [0, 0.1) is 29.6 Å². The molecular weight excluding hydrogens is 596 g/mol. The van der Waals surface area contributed by atoms with Gasteiger partial charge in [0.25, 0.3) is 0 Å². The Morgan fingerprint density at radius 1 is 0.978 bits per heavy atom. The average Bonchev–Trinajstić information content (AvgIpc) is 3.24. The first-order chi connectivity index (χ1) is 21.8. The molecule has 254 valence electrons. The molecule has 5 aliphatic rings. The Kier molecular flexibility index (Phi) is 10.4. The van der Waals surface area contributed by atoms with E-state index in [-0.39, 0.29) is 42.9 Å². The molecule has 46 heavy (non-hydrogen) atoms. The lowest BCUT2D eigenvalue weighted by Crippen LogP contribution is -2.70. The predicted octanol–water partition coefficient (Wildman–Crippen LogP) is 3.86. The molecule has 3 N–H and O–H groups in total. The van der Waals surface area contributed by atoms with E-state index in [2.05, 4.69) is 17.6 Å². The second-order valence-corrected chi connectivity index (χ2v) is 14.1. The number of rotatable bonds is 12. The third kappa shape index (κ3) is 7.25. The summed E-state index contributed by atoms with van der Waals surface area (Å²) in [6.07, 6.45) is 1.75. The molecule has 12 heteroatoms. The maximum Gasteiger partial charge on any atom is 0.326 e. The Morgan fingerprint density at radius 3 is 2.41 bits per heavy atom. The minimum absolute atomic E-state index is 0.0111. The van der Waals surface area contributed by atoms with Crippen molar-refractivity contribution in [2.24, 2.45) is 29.6 Å². The van der Waals surface area contributed by atoms with Crippen LogP contribution in [0.25, 0.3) is 0 Å². The largest absolute Gasteiger partial charge is 0.480 e. The SMILES string of the molecule is CC(C)CC(NC(=O)CCC(=O)OC1OC2OC3(C)CCC4C(C)CCC(C1C)C24OO3)C(=O)NC(Cc1ccccc1)C(=O)O. The fourth-order valence-corrected chi connectivity index (χ4v) is 7.70. The van der Waals surface area contributed by atoms with Gasteiger partial charge in [0.05, 0.1) is 6.42 Å². The molecule has 4 aliphatic heterocycles. The van der Waals surface area contributed by atoms with Gasteiger partial charge in [0.15, 0.2) is 11.9 Å². The number of nitrogens with one attached hydrogen (secondary N) is 2. The van der Waals surface area contributed by atoms with Gasteiger partial charge in [0.2, 0.25) is 23.9 Å². The van der Waals surface area contributed by atoms with Crippen LogP contribution in [-0.2, 0) is 49.6 Å². The number of benzene rings is 1. The van der Waals surface area contributed by atoms with Crippen LogP contribution >= 0.6 is 0 Å². The summed E-state index contributed by atoms with van der Waals surface area (Å²) in [5.74, 6) is -3.43. The molecule has 10 atom stereocenters. The first kappa shape index (κ1) is 34.3. The van der Waals surface area contributed by atoms with Crippen LogP contribution in [-0.4, -0.2) is 64.9 Å². The second kappa shape index (κ2) is 14.0. The molecule has 10 unspecified atom stereocenters. The highest BCUT2D eigenvalue weighted by molar-refractivity contribution is 5.91. The average molecular weight is 645 g/mol. The van der Waals surface area contributed by atoms with E-state index in [1.807, 2.05) is 33.8 Å². The summed E-state index contributed by atoms with van der Waals surface area (Å²) in [5.41, 5.74) is -0.0153. The molecule has 4 heterocycles. The molecule has 12 nitrogen and oxygen atoms in total. The van der Waals surface area contributed by atoms with Gasteiger partial charge in [0.1, 0.15) is 12.1 Å². The van der Waals surface area contributed by atoms with E-state index in [0.717, 1.165) is 24.8 Å². The van der Waals surface area contributed by atoms with Crippen molar-refractivity contribution in [1.82, 2.24) is 10.6 Å². The van der Waals surface area contributed by atoms with Crippen LogP contribution in [0.2, 0.25) is 0 Å². The summed E-state index contributed by atoms with van der Waals surface area (Å²) in [4.78, 5) is 63.0. The zero-order valence-corrected chi connectivity index (χ0v) is 27.4. The lowest BCUT2D eigenvalue weighted by atomic mass is 9.58. The lowest BCUT2D eigenvalue weighted by molar-refractivity contribution is -0.576.